The highest BCUT2D eigenvalue weighted by atomic mass is 32.2. The average Bonchev–Trinajstić information content (AvgIpc) is 2.48. The van der Waals surface area contributed by atoms with Gasteiger partial charge in [-0.15, -0.1) is 0 Å². The summed E-state index contributed by atoms with van der Waals surface area (Å²) < 4.78 is 32.3. The molecule has 1 aliphatic heterocycles. The van der Waals surface area contributed by atoms with Gasteiger partial charge in [0.1, 0.15) is 12.4 Å². The Hall–Kier alpha value is -1.11. The minimum absolute atomic E-state index is 0.0384. The molecule has 0 amide bonds. The van der Waals surface area contributed by atoms with Crippen molar-refractivity contribution in [3.05, 3.63) is 24.3 Å². The van der Waals surface area contributed by atoms with E-state index in [1.165, 1.54) is 0 Å². The number of hydrogen-bond acceptors (Lipinski definition) is 4. The van der Waals surface area contributed by atoms with Crippen molar-refractivity contribution in [3.63, 3.8) is 0 Å². The van der Waals surface area contributed by atoms with Gasteiger partial charge in [-0.2, -0.15) is 4.31 Å². The number of hydrogen-bond donors (Lipinski definition) is 1. The number of piperidine rings is 1. The maximum absolute atomic E-state index is 12.7. The number of nitrogens with zero attached hydrogens (tertiary/aromatic N) is 1. The lowest BCUT2D eigenvalue weighted by Gasteiger charge is -2.35. The second kappa shape index (κ2) is 6.77. The van der Waals surface area contributed by atoms with E-state index in [1.54, 1.807) is 28.6 Å². The number of aliphatic hydroxyl groups excluding tert-OH is 1. The molecule has 1 heterocycles. The van der Waals surface area contributed by atoms with Gasteiger partial charge in [-0.05, 0) is 49.9 Å². The van der Waals surface area contributed by atoms with Gasteiger partial charge in [0.05, 0.1) is 11.5 Å². The van der Waals surface area contributed by atoms with Crippen LogP contribution in [0, 0.1) is 5.92 Å². The Labute approximate surface area is 126 Å². The smallest absolute Gasteiger partial charge is 0.243 e. The summed E-state index contributed by atoms with van der Waals surface area (Å²) in [5, 5.41) is 8.71. The van der Waals surface area contributed by atoms with Crippen molar-refractivity contribution < 1.29 is 18.3 Å². The number of benzene rings is 1. The van der Waals surface area contributed by atoms with Crippen LogP contribution in [0.1, 0.15) is 26.7 Å². The van der Waals surface area contributed by atoms with Crippen LogP contribution in [0.4, 0.5) is 0 Å². The second-order valence-electron chi connectivity index (χ2n) is 5.65. The maximum atomic E-state index is 12.7. The average molecular weight is 313 g/mol. The van der Waals surface area contributed by atoms with Gasteiger partial charge in [0.15, 0.2) is 0 Å². The van der Waals surface area contributed by atoms with Gasteiger partial charge in [0.25, 0.3) is 0 Å². The van der Waals surface area contributed by atoms with Crippen LogP contribution in [0.15, 0.2) is 29.2 Å². The number of sulfonamides is 1. The summed E-state index contributed by atoms with van der Waals surface area (Å²) in [5.74, 6) is 0.950. The molecule has 1 aromatic rings. The molecule has 0 bridgehead atoms. The molecule has 0 aromatic heterocycles. The summed E-state index contributed by atoms with van der Waals surface area (Å²) in [7, 11) is -3.45. The Morgan fingerprint density at radius 1 is 1.24 bits per heavy atom. The van der Waals surface area contributed by atoms with Crippen molar-refractivity contribution in [1.29, 1.82) is 0 Å². The minimum Gasteiger partial charge on any atom is -0.491 e. The molecule has 21 heavy (non-hydrogen) atoms. The molecule has 6 heteroatoms. The summed E-state index contributed by atoms with van der Waals surface area (Å²) in [6.07, 6.45) is 1.97. The fraction of sp³-hybridized carbons (Fsp3) is 0.600. The summed E-state index contributed by atoms with van der Waals surface area (Å²) in [4.78, 5) is 0.291. The van der Waals surface area contributed by atoms with Crippen molar-refractivity contribution in [3.8, 4) is 5.75 Å². The highest BCUT2D eigenvalue weighted by Crippen LogP contribution is 2.28. The van der Waals surface area contributed by atoms with Crippen LogP contribution in [-0.4, -0.2) is 43.6 Å². The minimum atomic E-state index is -3.45. The van der Waals surface area contributed by atoms with Gasteiger partial charge in [-0.25, -0.2) is 8.42 Å². The molecule has 5 nitrogen and oxygen atoms in total. The predicted octanol–water partition coefficient (Wildman–Crippen LogP) is 1.87. The highest BCUT2D eigenvalue weighted by molar-refractivity contribution is 7.89. The first-order valence-electron chi connectivity index (χ1n) is 7.30. The molecular weight excluding hydrogens is 290 g/mol. The van der Waals surface area contributed by atoms with Crippen LogP contribution in [0.25, 0.3) is 0 Å². The standard InChI is InChI=1S/C15H23NO4S/c1-12-3-4-13(2)16(11-12)21(18,19)15-7-5-14(6-8-15)20-10-9-17/h5-8,12-13,17H,3-4,9-11H2,1-2H3. The van der Waals surface area contributed by atoms with Gasteiger partial charge in [0, 0.05) is 12.6 Å². The topological polar surface area (TPSA) is 66.8 Å². The van der Waals surface area contributed by atoms with E-state index < -0.39 is 10.0 Å². The van der Waals surface area contributed by atoms with Crippen LogP contribution in [0.2, 0.25) is 0 Å². The van der Waals surface area contributed by atoms with Crippen molar-refractivity contribution >= 4 is 10.0 Å². The number of rotatable bonds is 5. The normalized spacial score (nSPS) is 24.0. The van der Waals surface area contributed by atoms with Crippen LogP contribution in [0.3, 0.4) is 0 Å². The van der Waals surface area contributed by atoms with Crippen LogP contribution in [-0.2, 0) is 10.0 Å². The molecule has 1 fully saturated rings. The Balaban J connectivity index is 2.18. The monoisotopic (exact) mass is 313 g/mol. The number of ether oxygens (including phenoxy) is 1. The van der Waals surface area contributed by atoms with Gasteiger partial charge in [0.2, 0.25) is 10.0 Å². The molecule has 1 saturated heterocycles. The molecule has 0 spiro atoms. The maximum Gasteiger partial charge on any atom is 0.243 e. The lowest BCUT2D eigenvalue weighted by Crippen LogP contribution is -2.44. The molecule has 118 valence electrons. The summed E-state index contributed by atoms with van der Waals surface area (Å²) in [5.41, 5.74) is 0. The van der Waals surface area contributed by atoms with Crippen molar-refractivity contribution in [1.82, 2.24) is 4.31 Å². The summed E-state index contributed by atoms with van der Waals surface area (Å²) >= 11 is 0. The third kappa shape index (κ3) is 3.75. The lowest BCUT2D eigenvalue weighted by molar-refractivity contribution is 0.201. The molecule has 0 aliphatic carbocycles. The van der Waals surface area contributed by atoms with Crippen molar-refractivity contribution in [2.75, 3.05) is 19.8 Å². The highest BCUT2D eigenvalue weighted by Gasteiger charge is 2.33. The molecule has 1 aromatic carbocycles. The Morgan fingerprint density at radius 3 is 2.52 bits per heavy atom. The fourth-order valence-electron chi connectivity index (χ4n) is 2.59. The zero-order chi connectivity index (χ0) is 15.5. The van der Waals surface area contributed by atoms with E-state index in [-0.39, 0.29) is 19.3 Å². The Kier molecular flexibility index (Phi) is 5.24. The van der Waals surface area contributed by atoms with Gasteiger partial charge < -0.3 is 9.84 Å². The van der Waals surface area contributed by atoms with E-state index in [4.69, 9.17) is 9.84 Å². The predicted molar refractivity (Wildman–Crippen MR) is 80.8 cm³/mol. The zero-order valence-electron chi connectivity index (χ0n) is 12.5. The molecule has 2 unspecified atom stereocenters. The third-order valence-corrected chi connectivity index (χ3v) is 5.85. The molecule has 0 radical (unpaired) electrons. The van der Waals surface area contributed by atoms with E-state index in [1.807, 2.05) is 6.92 Å². The zero-order valence-corrected chi connectivity index (χ0v) is 13.3. The quantitative estimate of drug-likeness (QED) is 0.901. The summed E-state index contributed by atoms with van der Waals surface area (Å²) in [6.45, 7) is 4.75. The molecule has 2 rings (SSSR count). The van der Waals surface area contributed by atoms with E-state index in [0.29, 0.717) is 23.1 Å². The first-order valence-corrected chi connectivity index (χ1v) is 8.74. The molecular formula is C15H23NO4S. The molecule has 2 atom stereocenters. The largest absolute Gasteiger partial charge is 0.491 e. The van der Waals surface area contributed by atoms with E-state index in [2.05, 4.69) is 6.92 Å². The first-order chi connectivity index (χ1) is 9.95. The van der Waals surface area contributed by atoms with Crippen molar-refractivity contribution in [2.24, 2.45) is 5.92 Å². The second-order valence-corrected chi connectivity index (χ2v) is 7.54. The van der Waals surface area contributed by atoms with Gasteiger partial charge in [-0.3, -0.25) is 0 Å². The van der Waals surface area contributed by atoms with Gasteiger partial charge in [-0.1, -0.05) is 6.92 Å². The first kappa shape index (κ1) is 16.3. The Bertz CT molecular complexity index is 556. The van der Waals surface area contributed by atoms with E-state index in [0.717, 1.165) is 12.8 Å². The lowest BCUT2D eigenvalue weighted by atomic mass is 9.97. The molecule has 1 aliphatic rings. The number of aliphatic hydroxyl groups is 1. The van der Waals surface area contributed by atoms with Crippen LogP contribution < -0.4 is 4.74 Å². The summed E-state index contributed by atoms with van der Waals surface area (Å²) in [6, 6.07) is 6.42. The Morgan fingerprint density at radius 2 is 1.90 bits per heavy atom. The molecule has 1 N–H and O–H groups in total. The van der Waals surface area contributed by atoms with Crippen LogP contribution in [0.5, 0.6) is 5.75 Å². The van der Waals surface area contributed by atoms with Crippen LogP contribution >= 0.6 is 0 Å². The SMILES string of the molecule is CC1CCC(C)N(S(=O)(=O)c2ccc(OCCO)cc2)C1. The van der Waals surface area contributed by atoms with E-state index in [9.17, 15) is 8.42 Å². The van der Waals surface area contributed by atoms with Gasteiger partial charge >= 0.3 is 0 Å². The third-order valence-electron chi connectivity index (χ3n) is 3.85. The van der Waals surface area contributed by atoms with Crippen molar-refractivity contribution in [2.45, 2.75) is 37.6 Å². The van der Waals surface area contributed by atoms with E-state index >= 15 is 0 Å². The fourth-order valence-corrected chi connectivity index (χ4v) is 4.37. The molecule has 0 saturated carbocycles.